The SMILES string of the molecule is COCCc1ccc(C[C@@H]2O[C@@]3(O)C[C@@H](O)[C@@H]4[C@]2(CC[C@@]25CCC[C@@]6(CC[C@@]42C)[C@@H]2C[C@](C)(C(=O)O)CC[C@@]2(C)CC[C@@]65C)[C@@H]3C)cc1. The lowest BCUT2D eigenvalue weighted by Crippen LogP contribution is -2.76. The molecule has 13 atom stereocenters. The Morgan fingerprint density at radius 3 is 2.31 bits per heavy atom. The topological polar surface area (TPSA) is 96.2 Å². The number of fused-ring (bicyclic) bond motifs is 3. The number of hydrogen-bond acceptors (Lipinski definition) is 5. The molecule has 1 aromatic rings. The molecule has 1 heterocycles. The summed E-state index contributed by atoms with van der Waals surface area (Å²) in [6, 6.07) is 8.86. The maximum atomic E-state index is 12.7. The van der Waals surface area contributed by atoms with Crippen LogP contribution < -0.4 is 0 Å². The van der Waals surface area contributed by atoms with Crippen LogP contribution in [0.3, 0.4) is 0 Å². The second-order valence-electron chi connectivity index (χ2n) is 19.4. The first-order chi connectivity index (χ1) is 22.6. The lowest BCUT2D eigenvalue weighted by Gasteiger charge is -2.82. The molecule has 7 fully saturated rings. The largest absolute Gasteiger partial charge is 0.481 e. The zero-order valence-electron chi connectivity index (χ0n) is 30.6. The fourth-order valence-corrected chi connectivity index (χ4v) is 15.7. The number of rotatable bonds is 6. The lowest BCUT2D eigenvalue weighted by atomic mass is 9.22. The van der Waals surface area contributed by atoms with Crippen molar-refractivity contribution in [2.24, 2.45) is 55.7 Å². The number of aliphatic hydroxyl groups excluding tert-OH is 1. The van der Waals surface area contributed by atoms with Crippen molar-refractivity contribution in [3.63, 3.8) is 0 Å². The molecular weight excluding hydrogens is 600 g/mol. The van der Waals surface area contributed by atoms with Crippen LogP contribution in [0.25, 0.3) is 0 Å². The van der Waals surface area contributed by atoms with Gasteiger partial charge in [-0.05, 0) is 140 Å². The van der Waals surface area contributed by atoms with Crippen LogP contribution in [0.5, 0.6) is 0 Å². The molecule has 0 unspecified atom stereocenters. The average Bonchev–Trinajstić information content (AvgIpc) is 3.16. The van der Waals surface area contributed by atoms with Crippen molar-refractivity contribution in [1.82, 2.24) is 0 Å². The predicted octanol–water partition coefficient (Wildman–Crippen LogP) is 7.96. The van der Waals surface area contributed by atoms with Gasteiger partial charge in [-0.15, -0.1) is 0 Å². The van der Waals surface area contributed by atoms with Crippen LogP contribution in [-0.4, -0.2) is 53.0 Å². The molecule has 48 heavy (non-hydrogen) atoms. The molecule has 6 saturated carbocycles. The first-order valence-electron chi connectivity index (χ1n) is 19.5. The molecule has 1 aliphatic heterocycles. The van der Waals surface area contributed by atoms with E-state index in [1.165, 1.54) is 43.2 Å². The number of carboxylic acids is 1. The lowest BCUT2D eigenvalue weighted by molar-refractivity contribution is -0.344. The van der Waals surface area contributed by atoms with Gasteiger partial charge < -0.3 is 24.8 Å². The summed E-state index contributed by atoms with van der Waals surface area (Å²) in [6.45, 7) is 12.7. The van der Waals surface area contributed by atoms with Gasteiger partial charge in [0.25, 0.3) is 0 Å². The van der Waals surface area contributed by atoms with Gasteiger partial charge in [0, 0.05) is 24.9 Å². The summed E-state index contributed by atoms with van der Waals surface area (Å²) in [7, 11) is 1.74. The van der Waals surface area contributed by atoms with Crippen LogP contribution in [0, 0.1) is 55.7 Å². The van der Waals surface area contributed by atoms with Gasteiger partial charge in [0.1, 0.15) is 0 Å². The Balaban J connectivity index is 1.19. The highest BCUT2D eigenvalue weighted by atomic mass is 16.6. The number of methoxy groups -OCH3 is 1. The van der Waals surface area contributed by atoms with Crippen molar-refractivity contribution in [3.8, 4) is 0 Å². The van der Waals surface area contributed by atoms with Crippen LogP contribution in [0.2, 0.25) is 0 Å². The molecule has 6 aliphatic carbocycles. The molecule has 1 saturated heterocycles. The number of aliphatic carboxylic acids is 1. The summed E-state index contributed by atoms with van der Waals surface area (Å²) in [5.74, 6) is -1.48. The van der Waals surface area contributed by atoms with Crippen LogP contribution >= 0.6 is 0 Å². The van der Waals surface area contributed by atoms with E-state index in [1.54, 1.807) is 7.11 Å². The molecule has 8 rings (SSSR count). The summed E-state index contributed by atoms with van der Waals surface area (Å²) in [6.07, 6.45) is 14.1. The first kappa shape index (κ1) is 33.7. The zero-order valence-corrected chi connectivity index (χ0v) is 30.6. The van der Waals surface area contributed by atoms with Crippen molar-refractivity contribution >= 4 is 5.97 Å². The Hall–Kier alpha value is -1.47. The highest BCUT2D eigenvalue weighted by Gasteiger charge is 2.82. The summed E-state index contributed by atoms with van der Waals surface area (Å²) in [5, 5.41) is 34.9. The molecule has 3 N–H and O–H groups in total. The fraction of sp³-hybridized carbons (Fsp3) is 0.833. The normalized spacial score (nSPS) is 53.6. The van der Waals surface area contributed by atoms with Crippen molar-refractivity contribution in [3.05, 3.63) is 35.4 Å². The van der Waals surface area contributed by atoms with E-state index >= 15 is 0 Å². The van der Waals surface area contributed by atoms with Gasteiger partial charge in [-0.2, -0.15) is 0 Å². The van der Waals surface area contributed by atoms with Gasteiger partial charge in [0.05, 0.1) is 24.2 Å². The van der Waals surface area contributed by atoms with E-state index in [-0.39, 0.29) is 56.9 Å². The van der Waals surface area contributed by atoms with E-state index in [0.717, 1.165) is 57.8 Å². The highest BCUT2D eigenvalue weighted by molar-refractivity contribution is 5.74. The molecular formula is C42H62O6. The van der Waals surface area contributed by atoms with Gasteiger partial charge in [0.2, 0.25) is 0 Å². The van der Waals surface area contributed by atoms with Crippen LogP contribution in [0.15, 0.2) is 24.3 Å². The number of carbonyl (C=O) groups is 1. The van der Waals surface area contributed by atoms with Crippen molar-refractivity contribution in [2.75, 3.05) is 13.7 Å². The second-order valence-corrected chi connectivity index (χ2v) is 19.4. The molecule has 6 nitrogen and oxygen atoms in total. The monoisotopic (exact) mass is 662 g/mol. The quantitative estimate of drug-likeness (QED) is 0.286. The smallest absolute Gasteiger partial charge is 0.309 e. The third-order valence-corrected chi connectivity index (χ3v) is 18.3. The Morgan fingerprint density at radius 2 is 1.60 bits per heavy atom. The van der Waals surface area contributed by atoms with Gasteiger partial charge in [0.15, 0.2) is 5.79 Å². The van der Waals surface area contributed by atoms with Crippen LogP contribution in [0.4, 0.5) is 0 Å². The van der Waals surface area contributed by atoms with Gasteiger partial charge in [-0.25, -0.2) is 0 Å². The number of ether oxygens (including phenoxy) is 2. The Morgan fingerprint density at radius 1 is 0.896 bits per heavy atom. The minimum atomic E-state index is -1.30. The maximum Gasteiger partial charge on any atom is 0.309 e. The Labute approximate surface area is 288 Å². The third-order valence-electron chi connectivity index (χ3n) is 18.3. The zero-order chi connectivity index (χ0) is 34.2. The van der Waals surface area contributed by atoms with E-state index in [0.29, 0.717) is 12.5 Å². The molecule has 1 aromatic carbocycles. The van der Waals surface area contributed by atoms with Crippen LogP contribution in [0.1, 0.15) is 129 Å². The minimum absolute atomic E-state index is 0.0501. The molecule has 4 bridgehead atoms. The van der Waals surface area contributed by atoms with Gasteiger partial charge >= 0.3 is 5.97 Å². The number of carboxylic acid groups (broad SMARTS) is 1. The average molecular weight is 663 g/mol. The summed E-state index contributed by atoms with van der Waals surface area (Å²) < 4.78 is 12.1. The van der Waals surface area contributed by atoms with E-state index in [9.17, 15) is 20.1 Å². The fourth-order valence-electron chi connectivity index (χ4n) is 15.7. The Bertz CT molecular complexity index is 1460. The predicted molar refractivity (Wildman–Crippen MR) is 185 cm³/mol. The van der Waals surface area contributed by atoms with Gasteiger partial charge in [-0.3, -0.25) is 4.79 Å². The first-order valence-corrected chi connectivity index (χ1v) is 19.5. The summed E-state index contributed by atoms with van der Waals surface area (Å²) >= 11 is 0. The van der Waals surface area contributed by atoms with E-state index in [4.69, 9.17) is 9.47 Å². The third kappa shape index (κ3) is 3.93. The Kier molecular flexibility index (Phi) is 7.39. The second kappa shape index (κ2) is 10.5. The summed E-state index contributed by atoms with van der Waals surface area (Å²) in [4.78, 5) is 12.7. The molecule has 0 amide bonds. The number of hydrogen-bond donors (Lipinski definition) is 3. The van der Waals surface area contributed by atoms with E-state index in [1.807, 2.05) is 6.92 Å². The van der Waals surface area contributed by atoms with E-state index in [2.05, 4.69) is 52.0 Å². The standard InChI is InChI=1S/C42H62O6/c1-27-41-22-21-40-14-7-13-39(31-26-36(3,34(44)45)16-15-35(31,2)17-19-38(39,40)5)20-18-37(40,4)33(41)30(43)25-42(27,46)48-32(41)24-29-10-8-28(9-11-29)12-23-47-6/h8-11,27,30-33,43,46H,7,12-26H2,1-6H3,(H,44,45)/t27-,30+,31+,32-,33-,35-,36+,37-,38-,39+,40-,41+,42-/m0/s1. The number of aliphatic hydroxyl groups is 2. The molecule has 7 aliphatic rings. The molecule has 0 aromatic heterocycles. The highest BCUT2D eigenvalue weighted by Crippen LogP contribution is 2.87. The molecule has 2 spiro atoms. The molecule has 266 valence electrons. The van der Waals surface area contributed by atoms with Crippen molar-refractivity contribution in [1.29, 1.82) is 0 Å². The summed E-state index contributed by atoms with van der Waals surface area (Å²) in [5.41, 5.74) is 1.98. The molecule has 6 heteroatoms. The molecule has 0 radical (unpaired) electrons. The van der Waals surface area contributed by atoms with Crippen LogP contribution in [-0.2, 0) is 27.1 Å². The van der Waals surface area contributed by atoms with Crippen molar-refractivity contribution in [2.45, 2.75) is 149 Å². The van der Waals surface area contributed by atoms with Crippen molar-refractivity contribution < 1.29 is 29.6 Å². The maximum absolute atomic E-state index is 12.7. The minimum Gasteiger partial charge on any atom is -0.481 e. The van der Waals surface area contributed by atoms with E-state index < -0.39 is 23.3 Å². The number of benzene rings is 1. The van der Waals surface area contributed by atoms with Gasteiger partial charge in [-0.1, -0.05) is 58.4 Å².